The second-order valence-corrected chi connectivity index (χ2v) is 3.11. The first-order valence-electron chi connectivity index (χ1n) is 5.63. The highest BCUT2D eigenvalue weighted by Crippen LogP contribution is 2.17. The molecule has 0 aromatic carbocycles. The fourth-order valence-electron chi connectivity index (χ4n) is 1.42. The lowest BCUT2D eigenvalue weighted by molar-refractivity contribution is 0.122. The van der Waals surface area contributed by atoms with E-state index >= 15 is 0 Å². The Bertz CT molecular complexity index is 343. The summed E-state index contributed by atoms with van der Waals surface area (Å²) < 4.78 is 18.6. The van der Waals surface area contributed by atoms with Crippen LogP contribution in [0.2, 0.25) is 0 Å². The minimum Gasteiger partial charge on any atom is -0.378 e. The van der Waals surface area contributed by atoms with Gasteiger partial charge in [-0.25, -0.2) is 15.2 Å². The van der Waals surface area contributed by atoms with Crippen molar-refractivity contribution in [1.82, 2.24) is 9.97 Å². The fraction of sp³-hybridized carbons (Fsp3) is 0.600. The molecule has 1 aromatic heterocycles. The molecule has 1 saturated heterocycles. The van der Waals surface area contributed by atoms with Crippen LogP contribution in [0.5, 0.6) is 0 Å². The Morgan fingerprint density at radius 2 is 2.06 bits per heavy atom. The number of anilines is 2. The maximum Gasteiger partial charge on any atom is 0.239 e. The smallest absolute Gasteiger partial charge is 0.239 e. The Morgan fingerprint density at radius 1 is 1.41 bits per heavy atom. The monoisotopic (exact) mass is 243 g/mol. The molecule has 6 nitrogen and oxygen atoms in total. The molecule has 0 aliphatic carbocycles. The van der Waals surface area contributed by atoms with Gasteiger partial charge in [0.1, 0.15) is 0 Å². The van der Waals surface area contributed by atoms with E-state index in [9.17, 15) is 4.39 Å². The number of nitrogens with one attached hydrogen (secondary N) is 1. The quantitative estimate of drug-likeness (QED) is 0.590. The van der Waals surface area contributed by atoms with Crippen LogP contribution in [0.3, 0.4) is 0 Å². The van der Waals surface area contributed by atoms with E-state index < -0.39 is 5.82 Å². The van der Waals surface area contributed by atoms with Crippen molar-refractivity contribution in [2.75, 3.05) is 36.6 Å². The summed E-state index contributed by atoms with van der Waals surface area (Å²) in [6, 6.07) is 0. The lowest BCUT2D eigenvalue weighted by Gasteiger charge is -2.27. The lowest BCUT2D eigenvalue weighted by Crippen LogP contribution is -2.37. The third kappa shape index (κ3) is 3.50. The fourth-order valence-corrected chi connectivity index (χ4v) is 1.42. The zero-order valence-corrected chi connectivity index (χ0v) is 10.1. The average molecular weight is 243 g/mol. The molecule has 0 radical (unpaired) electrons. The van der Waals surface area contributed by atoms with E-state index in [1.54, 1.807) is 4.90 Å². The van der Waals surface area contributed by atoms with Crippen LogP contribution in [0.15, 0.2) is 6.20 Å². The molecular formula is C10H18FN5O. The molecule has 1 aliphatic rings. The number of ether oxygens (including phenoxy) is 1. The summed E-state index contributed by atoms with van der Waals surface area (Å²) in [7, 11) is 0. The molecule has 1 aromatic rings. The van der Waals surface area contributed by atoms with Crippen LogP contribution in [0.25, 0.3) is 0 Å². The van der Waals surface area contributed by atoms with E-state index in [2.05, 4.69) is 15.4 Å². The molecule has 2 rings (SSSR count). The molecule has 1 aliphatic heterocycles. The number of hydrogen-bond acceptors (Lipinski definition) is 6. The van der Waals surface area contributed by atoms with Gasteiger partial charge in [-0.2, -0.15) is 4.98 Å². The summed E-state index contributed by atoms with van der Waals surface area (Å²) in [6.07, 6.45) is 1.10. The second-order valence-electron chi connectivity index (χ2n) is 3.11. The van der Waals surface area contributed by atoms with Gasteiger partial charge in [0.25, 0.3) is 0 Å². The van der Waals surface area contributed by atoms with Gasteiger partial charge in [-0.05, 0) is 0 Å². The Kier molecular flexibility index (Phi) is 5.58. The standard InChI is InChI=1S/C8H12FN5O.C2H6/c9-6-5-11-8(13-10)12-7(6)14-1-3-15-4-2-14;1-2/h5H,1-4,10H2,(H,11,12,13);1-2H3. The van der Waals surface area contributed by atoms with Gasteiger partial charge in [0, 0.05) is 13.1 Å². The first kappa shape index (κ1) is 13.6. The van der Waals surface area contributed by atoms with E-state index in [-0.39, 0.29) is 11.8 Å². The first-order chi connectivity index (χ1) is 8.31. The molecule has 0 saturated carbocycles. The van der Waals surface area contributed by atoms with Crippen molar-refractivity contribution < 1.29 is 9.13 Å². The van der Waals surface area contributed by atoms with Gasteiger partial charge < -0.3 is 9.64 Å². The molecule has 0 unspecified atom stereocenters. The largest absolute Gasteiger partial charge is 0.378 e. The molecular weight excluding hydrogens is 225 g/mol. The normalized spacial score (nSPS) is 14.9. The van der Waals surface area contributed by atoms with Crippen LogP contribution in [-0.4, -0.2) is 36.3 Å². The van der Waals surface area contributed by atoms with Gasteiger partial charge in [-0.15, -0.1) is 0 Å². The third-order valence-corrected chi connectivity index (χ3v) is 2.17. The topological polar surface area (TPSA) is 76.3 Å². The Hall–Kier alpha value is -1.47. The number of rotatable bonds is 2. The molecule has 0 atom stereocenters. The Morgan fingerprint density at radius 3 is 2.65 bits per heavy atom. The molecule has 3 N–H and O–H groups in total. The van der Waals surface area contributed by atoms with E-state index in [0.29, 0.717) is 26.3 Å². The predicted octanol–water partition coefficient (Wildman–Crippen LogP) is 0.764. The molecule has 96 valence electrons. The van der Waals surface area contributed by atoms with Gasteiger partial charge in [0.05, 0.1) is 19.4 Å². The van der Waals surface area contributed by atoms with Gasteiger partial charge in [-0.1, -0.05) is 13.8 Å². The van der Waals surface area contributed by atoms with E-state index in [1.807, 2.05) is 13.8 Å². The number of aromatic nitrogens is 2. The minimum absolute atomic E-state index is 0.206. The van der Waals surface area contributed by atoms with Crippen molar-refractivity contribution in [2.45, 2.75) is 13.8 Å². The maximum atomic E-state index is 13.4. The highest BCUT2D eigenvalue weighted by molar-refractivity contribution is 5.43. The van der Waals surface area contributed by atoms with Crippen molar-refractivity contribution in [3.05, 3.63) is 12.0 Å². The molecule has 1 fully saturated rings. The molecule has 17 heavy (non-hydrogen) atoms. The Balaban J connectivity index is 0.000000686. The number of nitrogens with zero attached hydrogens (tertiary/aromatic N) is 3. The zero-order valence-electron chi connectivity index (χ0n) is 10.1. The summed E-state index contributed by atoms with van der Waals surface area (Å²) in [6.45, 7) is 6.40. The van der Waals surface area contributed by atoms with Gasteiger partial charge in [0.2, 0.25) is 5.95 Å². The van der Waals surface area contributed by atoms with Crippen LogP contribution in [0.4, 0.5) is 16.2 Å². The zero-order chi connectivity index (χ0) is 12.7. The Labute approximate surface area is 100.0 Å². The highest BCUT2D eigenvalue weighted by Gasteiger charge is 2.17. The summed E-state index contributed by atoms with van der Waals surface area (Å²) in [5.74, 6) is 5.18. The average Bonchev–Trinajstić information content (AvgIpc) is 2.42. The molecule has 0 amide bonds. The van der Waals surface area contributed by atoms with Crippen molar-refractivity contribution in [1.29, 1.82) is 0 Å². The van der Waals surface area contributed by atoms with Gasteiger partial charge in [0.15, 0.2) is 11.6 Å². The summed E-state index contributed by atoms with van der Waals surface area (Å²) in [5.41, 5.74) is 2.29. The third-order valence-electron chi connectivity index (χ3n) is 2.17. The molecule has 2 heterocycles. The van der Waals surface area contributed by atoms with Crippen LogP contribution < -0.4 is 16.2 Å². The van der Waals surface area contributed by atoms with Crippen molar-refractivity contribution >= 4 is 11.8 Å². The van der Waals surface area contributed by atoms with E-state index in [1.165, 1.54) is 0 Å². The van der Waals surface area contributed by atoms with Gasteiger partial charge in [-0.3, -0.25) is 5.43 Å². The number of nitrogen functional groups attached to an aromatic ring is 1. The van der Waals surface area contributed by atoms with Gasteiger partial charge >= 0.3 is 0 Å². The summed E-state index contributed by atoms with van der Waals surface area (Å²) >= 11 is 0. The number of morpholine rings is 1. The molecule has 0 bridgehead atoms. The van der Waals surface area contributed by atoms with Crippen LogP contribution in [-0.2, 0) is 4.74 Å². The highest BCUT2D eigenvalue weighted by atomic mass is 19.1. The van der Waals surface area contributed by atoms with Crippen LogP contribution in [0, 0.1) is 5.82 Å². The van der Waals surface area contributed by atoms with Crippen molar-refractivity contribution in [2.24, 2.45) is 5.84 Å². The van der Waals surface area contributed by atoms with Crippen LogP contribution >= 0.6 is 0 Å². The summed E-state index contributed by atoms with van der Waals surface area (Å²) in [4.78, 5) is 9.44. The molecule has 7 heteroatoms. The van der Waals surface area contributed by atoms with Crippen LogP contribution in [0.1, 0.15) is 13.8 Å². The first-order valence-corrected chi connectivity index (χ1v) is 5.63. The van der Waals surface area contributed by atoms with Crippen molar-refractivity contribution in [3.63, 3.8) is 0 Å². The minimum atomic E-state index is -0.448. The SMILES string of the molecule is CC.NNc1ncc(F)c(N2CCOCC2)n1. The number of hydrazine groups is 1. The maximum absolute atomic E-state index is 13.4. The van der Waals surface area contributed by atoms with Crippen molar-refractivity contribution in [3.8, 4) is 0 Å². The lowest BCUT2D eigenvalue weighted by atomic mass is 10.4. The second kappa shape index (κ2) is 6.97. The summed E-state index contributed by atoms with van der Waals surface area (Å²) in [5, 5.41) is 0. The van der Waals surface area contributed by atoms with E-state index in [4.69, 9.17) is 10.6 Å². The number of halogens is 1. The number of nitrogens with two attached hydrogens (primary N) is 1. The van der Waals surface area contributed by atoms with E-state index in [0.717, 1.165) is 6.20 Å². The molecule has 0 spiro atoms. The predicted molar refractivity (Wildman–Crippen MR) is 64.2 cm³/mol. The number of hydrogen-bond donors (Lipinski definition) is 2.